The third-order valence-corrected chi connectivity index (χ3v) is 4.69. The summed E-state index contributed by atoms with van der Waals surface area (Å²) in [5.41, 5.74) is 0.912. The maximum Gasteiger partial charge on any atom is 0.387 e. The Morgan fingerprint density at radius 2 is 1.93 bits per heavy atom. The van der Waals surface area contributed by atoms with Crippen molar-refractivity contribution in [2.24, 2.45) is 0 Å². The number of aryl methyl sites for hydroxylation is 1. The van der Waals surface area contributed by atoms with Crippen molar-refractivity contribution >= 4 is 0 Å². The molecule has 0 radical (unpaired) electrons. The minimum atomic E-state index is -2.89. The highest BCUT2D eigenvalue weighted by molar-refractivity contribution is 5.43. The first-order valence-corrected chi connectivity index (χ1v) is 9.27. The van der Waals surface area contributed by atoms with Crippen LogP contribution in [0.2, 0.25) is 0 Å². The number of nitrogens with zero attached hydrogens (tertiary/aromatic N) is 1. The van der Waals surface area contributed by atoms with Crippen molar-refractivity contribution < 1.29 is 27.4 Å². The minimum Gasteiger partial charge on any atom is -0.493 e. The van der Waals surface area contributed by atoms with Crippen molar-refractivity contribution in [1.29, 1.82) is 0 Å². The van der Waals surface area contributed by atoms with Crippen LogP contribution in [0.1, 0.15) is 23.1 Å². The first kappa shape index (κ1) is 20.6. The topological polar surface area (TPSA) is 56.1 Å². The van der Waals surface area contributed by atoms with E-state index in [-0.39, 0.29) is 17.5 Å². The molecular formula is C20H26F2N2O4. The molecule has 0 saturated carbocycles. The first-order valence-electron chi connectivity index (χ1n) is 9.27. The zero-order valence-electron chi connectivity index (χ0n) is 16.1. The number of ether oxygens (including phenoxy) is 3. The molecule has 28 heavy (non-hydrogen) atoms. The number of morpholine rings is 1. The Labute approximate surface area is 163 Å². The Hall–Kier alpha value is -2.16. The van der Waals surface area contributed by atoms with Crippen LogP contribution in [0, 0.1) is 6.92 Å². The van der Waals surface area contributed by atoms with E-state index in [0.29, 0.717) is 26.3 Å². The summed E-state index contributed by atoms with van der Waals surface area (Å²) in [6.45, 7) is 3.40. The van der Waals surface area contributed by atoms with Crippen LogP contribution in [-0.2, 0) is 11.3 Å². The van der Waals surface area contributed by atoms with Gasteiger partial charge in [-0.15, -0.1) is 0 Å². The Morgan fingerprint density at radius 3 is 2.57 bits per heavy atom. The van der Waals surface area contributed by atoms with Crippen LogP contribution in [0.5, 0.6) is 11.5 Å². The van der Waals surface area contributed by atoms with E-state index in [1.54, 1.807) is 12.1 Å². The molecule has 1 N–H and O–H groups in total. The van der Waals surface area contributed by atoms with Crippen molar-refractivity contribution in [3.8, 4) is 11.5 Å². The van der Waals surface area contributed by atoms with E-state index in [4.69, 9.17) is 13.9 Å². The average molecular weight is 396 g/mol. The summed E-state index contributed by atoms with van der Waals surface area (Å²) in [5, 5.41) is 3.43. The molecule has 0 spiro atoms. The van der Waals surface area contributed by atoms with Crippen molar-refractivity contribution in [3.63, 3.8) is 0 Å². The minimum absolute atomic E-state index is 0.0264. The molecule has 6 nitrogen and oxygen atoms in total. The summed E-state index contributed by atoms with van der Waals surface area (Å²) in [5.74, 6) is 2.11. The molecule has 1 aromatic heterocycles. The summed E-state index contributed by atoms with van der Waals surface area (Å²) in [6.07, 6.45) is 0. The van der Waals surface area contributed by atoms with Gasteiger partial charge in [-0.05, 0) is 36.8 Å². The molecule has 1 fully saturated rings. The predicted molar refractivity (Wildman–Crippen MR) is 99.9 cm³/mol. The predicted octanol–water partition coefficient (Wildman–Crippen LogP) is 3.36. The maximum absolute atomic E-state index is 12.5. The molecule has 1 aliphatic heterocycles. The zero-order chi connectivity index (χ0) is 19.9. The summed E-state index contributed by atoms with van der Waals surface area (Å²) in [4.78, 5) is 2.34. The van der Waals surface area contributed by atoms with E-state index in [2.05, 4.69) is 15.0 Å². The van der Waals surface area contributed by atoms with E-state index in [9.17, 15) is 8.78 Å². The Kier molecular flexibility index (Phi) is 7.24. The van der Waals surface area contributed by atoms with Gasteiger partial charge < -0.3 is 23.9 Å². The van der Waals surface area contributed by atoms with E-state index in [1.165, 1.54) is 13.2 Å². The SMILES string of the molecule is COc1cc(CNCC(c2ccc(C)o2)N2CCOCC2)ccc1OC(F)F. The van der Waals surface area contributed by atoms with Crippen molar-refractivity contribution in [2.75, 3.05) is 40.0 Å². The molecule has 154 valence electrons. The number of benzene rings is 1. The van der Waals surface area contributed by atoms with Crippen LogP contribution in [0.4, 0.5) is 8.78 Å². The lowest BCUT2D eigenvalue weighted by atomic mass is 10.1. The van der Waals surface area contributed by atoms with Crippen LogP contribution in [0.25, 0.3) is 0 Å². The van der Waals surface area contributed by atoms with Gasteiger partial charge in [-0.2, -0.15) is 8.78 Å². The average Bonchev–Trinajstić information content (AvgIpc) is 3.12. The smallest absolute Gasteiger partial charge is 0.387 e. The fourth-order valence-electron chi connectivity index (χ4n) is 3.30. The summed E-state index contributed by atoms with van der Waals surface area (Å²) in [6, 6.07) is 9.02. The van der Waals surface area contributed by atoms with Gasteiger partial charge in [0.05, 0.1) is 26.4 Å². The second-order valence-corrected chi connectivity index (χ2v) is 6.61. The molecule has 0 bridgehead atoms. The number of rotatable bonds is 9. The highest BCUT2D eigenvalue weighted by Gasteiger charge is 2.25. The third-order valence-electron chi connectivity index (χ3n) is 4.69. The molecule has 0 aliphatic carbocycles. The number of nitrogens with one attached hydrogen (secondary N) is 1. The van der Waals surface area contributed by atoms with Gasteiger partial charge in [0.1, 0.15) is 11.5 Å². The highest BCUT2D eigenvalue weighted by Crippen LogP contribution is 2.29. The number of hydrogen-bond donors (Lipinski definition) is 1. The number of halogens is 2. The normalized spacial score (nSPS) is 16.3. The fourth-order valence-corrected chi connectivity index (χ4v) is 3.30. The zero-order valence-corrected chi connectivity index (χ0v) is 16.1. The van der Waals surface area contributed by atoms with Crippen molar-refractivity contribution in [2.45, 2.75) is 26.1 Å². The molecule has 2 heterocycles. The monoisotopic (exact) mass is 396 g/mol. The molecule has 1 saturated heterocycles. The van der Waals surface area contributed by atoms with E-state index in [1.807, 2.05) is 19.1 Å². The number of furan rings is 1. The third kappa shape index (κ3) is 5.43. The highest BCUT2D eigenvalue weighted by atomic mass is 19.3. The van der Waals surface area contributed by atoms with Crippen LogP contribution in [0.15, 0.2) is 34.7 Å². The maximum atomic E-state index is 12.5. The van der Waals surface area contributed by atoms with Crippen LogP contribution < -0.4 is 14.8 Å². The molecule has 3 rings (SSSR count). The second kappa shape index (κ2) is 9.86. The fraction of sp³-hybridized carbons (Fsp3) is 0.500. The van der Waals surface area contributed by atoms with Gasteiger partial charge in [0.25, 0.3) is 0 Å². The van der Waals surface area contributed by atoms with Gasteiger partial charge >= 0.3 is 6.61 Å². The van der Waals surface area contributed by atoms with E-state index < -0.39 is 6.61 Å². The van der Waals surface area contributed by atoms with Gasteiger partial charge in [-0.1, -0.05) is 6.07 Å². The van der Waals surface area contributed by atoms with Crippen LogP contribution >= 0.6 is 0 Å². The molecule has 1 aliphatic rings. The lowest BCUT2D eigenvalue weighted by molar-refractivity contribution is -0.0512. The van der Waals surface area contributed by atoms with E-state index >= 15 is 0 Å². The summed E-state index contributed by atoms with van der Waals surface area (Å²) < 4.78 is 45.9. The van der Waals surface area contributed by atoms with Crippen LogP contribution in [-0.4, -0.2) is 51.5 Å². The first-order chi connectivity index (χ1) is 13.6. The lowest BCUT2D eigenvalue weighted by Crippen LogP contribution is -2.42. The molecule has 0 amide bonds. The van der Waals surface area contributed by atoms with Crippen molar-refractivity contribution in [3.05, 3.63) is 47.4 Å². The van der Waals surface area contributed by atoms with Gasteiger partial charge in [0.2, 0.25) is 0 Å². The van der Waals surface area contributed by atoms with Crippen LogP contribution in [0.3, 0.4) is 0 Å². The Morgan fingerprint density at radius 1 is 1.14 bits per heavy atom. The summed E-state index contributed by atoms with van der Waals surface area (Å²) in [7, 11) is 1.43. The molecular weight excluding hydrogens is 370 g/mol. The standard InChI is InChI=1S/C20H26F2N2O4/c1-14-3-5-17(27-14)16(24-7-9-26-10-8-24)13-23-12-15-4-6-18(28-20(21)22)19(11-15)25-2/h3-6,11,16,20,23H,7-10,12-13H2,1-2H3. The van der Waals surface area contributed by atoms with Crippen molar-refractivity contribution in [1.82, 2.24) is 10.2 Å². The number of methoxy groups -OCH3 is 1. The van der Waals surface area contributed by atoms with Gasteiger partial charge in [0.15, 0.2) is 11.5 Å². The lowest BCUT2D eigenvalue weighted by Gasteiger charge is -2.33. The van der Waals surface area contributed by atoms with Gasteiger partial charge in [-0.25, -0.2) is 0 Å². The van der Waals surface area contributed by atoms with Gasteiger partial charge in [0, 0.05) is 26.2 Å². The number of hydrogen-bond acceptors (Lipinski definition) is 6. The summed E-state index contributed by atoms with van der Waals surface area (Å²) >= 11 is 0. The largest absolute Gasteiger partial charge is 0.493 e. The molecule has 1 aromatic carbocycles. The second-order valence-electron chi connectivity index (χ2n) is 6.61. The molecule has 8 heteroatoms. The molecule has 2 aromatic rings. The Bertz CT molecular complexity index is 748. The quantitative estimate of drug-likeness (QED) is 0.702. The number of alkyl halides is 2. The Balaban J connectivity index is 1.63. The molecule has 1 atom stereocenters. The molecule has 1 unspecified atom stereocenters. The van der Waals surface area contributed by atoms with Gasteiger partial charge in [-0.3, -0.25) is 4.90 Å². The van der Waals surface area contributed by atoms with E-state index in [0.717, 1.165) is 30.2 Å².